The van der Waals surface area contributed by atoms with Gasteiger partial charge in [-0.3, -0.25) is 9.69 Å². The molecule has 0 spiro atoms. The molecule has 0 saturated carbocycles. The van der Waals surface area contributed by atoms with Crippen molar-refractivity contribution in [3.63, 3.8) is 0 Å². The van der Waals surface area contributed by atoms with Crippen molar-refractivity contribution in [1.29, 1.82) is 0 Å². The lowest BCUT2D eigenvalue weighted by Gasteiger charge is -2.26. The second-order valence-electron chi connectivity index (χ2n) is 4.91. The summed E-state index contributed by atoms with van der Waals surface area (Å²) in [6, 6.07) is 0. The molecule has 0 aromatic rings. The van der Waals surface area contributed by atoms with Gasteiger partial charge in [0.15, 0.2) is 0 Å². The third-order valence-corrected chi connectivity index (χ3v) is 3.15. The fraction of sp³-hybridized carbons (Fsp3) is 0.917. The molecule has 3 nitrogen and oxygen atoms in total. The maximum Gasteiger partial charge on any atom is 0.406 e. The van der Waals surface area contributed by atoms with Gasteiger partial charge in [-0.2, -0.15) is 13.2 Å². The Morgan fingerprint density at radius 1 is 1.11 bits per heavy atom. The van der Waals surface area contributed by atoms with E-state index in [0.717, 1.165) is 43.7 Å². The van der Waals surface area contributed by atoms with Gasteiger partial charge in [0.25, 0.3) is 0 Å². The van der Waals surface area contributed by atoms with Crippen LogP contribution in [0, 0.1) is 0 Å². The molecular formula is C12H21F3N2O. The number of carbonyl (C=O) groups excluding carboxylic acids is 1. The minimum absolute atomic E-state index is 0.104. The third kappa shape index (κ3) is 6.23. The van der Waals surface area contributed by atoms with Gasteiger partial charge in [-0.1, -0.05) is 19.3 Å². The molecule has 0 aromatic carbocycles. The van der Waals surface area contributed by atoms with E-state index in [4.69, 9.17) is 0 Å². The van der Waals surface area contributed by atoms with E-state index in [9.17, 15) is 18.0 Å². The van der Waals surface area contributed by atoms with Crippen molar-refractivity contribution >= 4 is 5.91 Å². The number of carbonyl (C=O) groups is 1. The van der Waals surface area contributed by atoms with Crippen LogP contribution in [0.4, 0.5) is 13.2 Å². The Kier molecular flexibility index (Phi) is 5.91. The van der Waals surface area contributed by atoms with E-state index in [1.807, 2.05) is 4.90 Å². The highest BCUT2D eigenvalue weighted by Crippen LogP contribution is 2.16. The number of hydrogen-bond acceptors (Lipinski definition) is 2. The lowest BCUT2D eigenvalue weighted by Crippen LogP contribution is -2.43. The van der Waals surface area contributed by atoms with Crippen LogP contribution in [-0.4, -0.2) is 55.1 Å². The first-order chi connectivity index (χ1) is 8.38. The first-order valence-electron chi connectivity index (χ1n) is 6.41. The lowest BCUT2D eigenvalue weighted by molar-refractivity contribution is -0.159. The Morgan fingerprint density at radius 2 is 1.61 bits per heavy atom. The summed E-state index contributed by atoms with van der Waals surface area (Å²) in [5, 5.41) is 0. The van der Waals surface area contributed by atoms with Gasteiger partial charge in [-0.15, -0.1) is 0 Å². The zero-order valence-corrected chi connectivity index (χ0v) is 10.8. The predicted octanol–water partition coefficient (Wildman–Crippen LogP) is 2.27. The molecule has 1 rings (SSSR count). The lowest BCUT2D eigenvalue weighted by atomic mass is 10.1. The van der Waals surface area contributed by atoms with Crippen molar-refractivity contribution in [2.45, 2.75) is 38.3 Å². The smallest absolute Gasteiger partial charge is 0.336 e. The van der Waals surface area contributed by atoms with Crippen LogP contribution in [0.1, 0.15) is 32.1 Å². The zero-order valence-electron chi connectivity index (χ0n) is 10.8. The highest BCUT2D eigenvalue weighted by Gasteiger charge is 2.31. The Balaban J connectivity index is 2.37. The summed E-state index contributed by atoms with van der Waals surface area (Å²) in [5.74, 6) is -0.451. The van der Waals surface area contributed by atoms with Crippen molar-refractivity contribution < 1.29 is 18.0 Å². The molecular weight excluding hydrogens is 245 g/mol. The first kappa shape index (κ1) is 15.3. The van der Waals surface area contributed by atoms with Crippen molar-refractivity contribution in [1.82, 2.24) is 9.80 Å². The minimum atomic E-state index is -4.32. The van der Waals surface area contributed by atoms with Crippen molar-refractivity contribution in [3.05, 3.63) is 0 Å². The minimum Gasteiger partial charge on any atom is -0.336 e. The van der Waals surface area contributed by atoms with E-state index in [1.165, 1.54) is 13.5 Å². The Labute approximate surface area is 106 Å². The second-order valence-corrected chi connectivity index (χ2v) is 4.91. The molecule has 1 saturated heterocycles. The monoisotopic (exact) mass is 266 g/mol. The molecule has 18 heavy (non-hydrogen) atoms. The van der Waals surface area contributed by atoms with Crippen LogP contribution in [0.2, 0.25) is 0 Å². The highest BCUT2D eigenvalue weighted by atomic mass is 19.4. The normalized spacial score (nSPS) is 19.1. The summed E-state index contributed by atoms with van der Waals surface area (Å²) < 4.78 is 36.5. The summed E-state index contributed by atoms with van der Waals surface area (Å²) in [5.41, 5.74) is 0. The Morgan fingerprint density at radius 3 is 2.11 bits per heavy atom. The van der Waals surface area contributed by atoms with E-state index in [1.54, 1.807) is 0 Å². The molecule has 6 heteroatoms. The van der Waals surface area contributed by atoms with Gasteiger partial charge in [0.05, 0.1) is 6.54 Å². The van der Waals surface area contributed by atoms with Gasteiger partial charge in [0.2, 0.25) is 5.91 Å². The topological polar surface area (TPSA) is 23.6 Å². The number of likely N-dealkylation sites (N-methyl/N-ethyl adjacent to an activating group) is 1. The van der Waals surface area contributed by atoms with Gasteiger partial charge < -0.3 is 4.90 Å². The molecule has 0 radical (unpaired) electrons. The van der Waals surface area contributed by atoms with Crippen molar-refractivity contribution in [2.75, 3.05) is 33.2 Å². The Bertz CT molecular complexity index is 261. The van der Waals surface area contributed by atoms with E-state index < -0.39 is 18.6 Å². The number of hydrogen-bond donors (Lipinski definition) is 0. The van der Waals surface area contributed by atoms with E-state index in [-0.39, 0.29) is 6.54 Å². The zero-order chi connectivity index (χ0) is 13.6. The molecule has 106 valence electrons. The SMILES string of the molecule is CN(CC(F)(F)F)C(=O)CN1CCCCCCC1. The second kappa shape index (κ2) is 6.97. The highest BCUT2D eigenvalue weighted by molar-refractivity contribution is 5.78. The van der Waals surface area contributed by atoms with Crippen LogP contribution in [0.25, 0.3) is 0 Å². The van der Waals surface area contributed by atoms with Crippen LogP contribution < -0.4 is 0 Å². The average molecular weight is 266 g/mol. The van der Waals surface area contributed by atoms with Gasteiger partial charge in [-0.05, 0) is 25.9 Å². The van der Waals surface area contributed by atoms with Crippen LogP contribution in [0.15, 0.2) is 0 Å². The van der Waals surface area contributed by atoms with Gasteiger partial charge in [0, 0.05) is 7.05 Å². The van der Waals surface area contributed by atoms with Crippen molar-refractivity contribution in [2.24, 2.45) is 0 Å². The number of amides is 1. The standard InChI is InChI=1S/C12H21F3N2O/c1-16(10-12(13,14)15)11(18)9-17-7-5-3-2-4-6-8-17/h2-10H2,1H3. The van der Waals surface area contributed by atoms with Gasteiger partial charge >= 0.3 is 6.18 Å². The van der Waals surface area contributed by atoms with Crippen LogP contribution in [0.3, 0.4) is 0 Å². The van der Waals surface area contributed by atoms with E-state index in [0.29, 0.717) is 0 Å². The molecule has 0 atom stereocenters. The quantitative estimate of drug-likeness (QED) is 0.782. The fourth-order valence-corrected chi connectivity index (χ4v) is 2.14. The third-order valence-electron chi connectivity index (χ3n) is 3.15. The van der Waals surface area contributed by atoms with Gasteiger partial charge in [0.1, 0.15) is 6.54 Å². The molecule has 1 aliphatic heterocycles. The maximum atomic E-state index is 12.2. The van der Waals surface area contributed by atoms with Crippen LogP contribution >= 0.6 is 0 Å². The van der Waals surface area contributed by atoms with Crippen LogP contribution in [-0.2, 0) is 4.79 Å². The summed E-state index contributed by atoms with van der Waals surface area (Å²) in [6.07, 6.45) is 1.23. The Hall–Kier alpha value is -0.780. The molecule has 0 aliphatic carbocycles. The number of likely N-dealkylation sites (tertiary alicyclic amines) is 1. The fourth-order valence-electron chi connectivity index (χ4n) is 2.14. The molecule has 1 fully saturated rings. The molecule has 0 N–H and O–H groups in total. The maximum absolute atomic E-state index is 12.2. The summed E-state index contributed by atoms with van der Waals surface area (Å²) in [6.45, 7) is 0.559. The van der Waals surface area contributed by atoms with Gasteiger partial charge in [-0.25, -0.2) is 0 Å². The molecule has 0 aromatic heterocycles. The molecule has 1 aliphatic rings. The number of alkyl halides is 3. The summed E-state index contributed by atoms with van der Waals surface area (Å²) in [4.78, 5) is 14.4. The van der Waals surface area contributed by atoms with E-state index >= 15 is 0 Å². The average Bonchev–Trinajstić information content (AvgIpc) is 2.19. The number of nitrogens with zero attached hydrogens (tertiary/aromatic N) is 2. The predicted molar refractivity (Wildman–Crippen MR) is 63.2 cm³/mol. The number of rotatable bonds is 3. The molecule has 0 bridgehead atoms. The number of halogens is 3. The molecule has 1 amide bonds. The summed E-state index contributed by atoms with van der Waals surface area (Å²) in [7, 11) is 1.21. The largest absolute Gasteiger partial charge is 0.406 e. The molecule has 0 unspecified atom stereocenters. The summed E-state index contributed by atoms with van der Waals surface area (Å²) >= 11 is 0. The molecule has 1 heterocycles. The van der Waals surface area contributed by atoms with Crippen molar-refractivity contribution in [3.8, 4) is 0 Å². The van der Waals surface area contributed by atoms with Crippen LogP contribution in [0.5, 0.6) is 0 Å². The first-order valence-corrected chi connectivity index (χ1v) is 6.41. The van der Waals surface area contributed by atoms with E-state index in [2.05, 4.69) is 0 Å².